The Morgan fingerprint density at radius 2 is 1.60 bits per heavy atom. The zero-order chi connectivity index (χ0) is 11.1. The van der Waals surface area contributed by atoms with Crippen LogP contribution in [0.2, 0.25) is 12.1 Å². The molecule has 0 aliphatic carbocycles. The van der Waals surface area contributed by atoms with Crippen molar-refractivity contribution in [2.75, 3.05) is 0 Å². The Hall–Kier alpha value is -1.34. The Bertz CT molecular complexity index is 342. The molecule has 0 aromatic heterocycles. The van der Waals surface area contributed by atoms with Gasteiger partial charge in [-0.3, -0.25) is 0 Å². The molecule has 0 aliphatic heterocycles. The molecule has 1 heteroatoms. The summed E-state index contributed by atoms with van der Waals surface area (Å²) in [6, 6.07) is 10.7. The van der Waals surface area contributed by atoms with E-state index in [1.165, 1.54) is 10.8 Å². The van der Waals surface area contributed by atoms with Gasteiger partial charge in [0.2, 0.25) is 0 Å². The molecule has 1 aromatic rings. The smallest absolute Gasteiger partial charge is 0.0942 e. The van der Waals surface area contributed by atoms with Gasteiger partial charge >= 0.3 is 0 Å². The van der Waals surface area contributed by atoms with Gasteiger partial charge in [-0.2, -0.15) is 0 Å². The molecule has 0 amide bonds. The van der Waals surface area contributed by atoms with Gasteiger partial charge in [-0.05, 0) is 17.7 Å². The van der Waals surface area contributed by atoms with Crippen LogP contribution in [0.3, 0.4) is 0 Å². The maximum absolute atomic E-state index is 3.86. The van der Waals surface area contributed by atoms with Gasteiger partial charge in [0, 0.05) is 0 Å². The SMILES string of the molecule is C=CC[Si](CC=C)c1ccccc1C=C. The van der Waals surface area contributed by atoms with Crippen LogP contribution < -0.4 is 5.19 Å². The van der Waals surface area contributed by atoms with Gasteiger partial charge in [-0.15, -0.1) is 13.2 Å². The summed E-state index contributed by atoms with van der Waals surface area (Å²) in [6.07, 6.45) is 5.96. The minimum Gasteiger partial charge on any atom is -0.103 e. The van der Waals surface area contributed by atoms with E-state index in [1.807, 2.05) is 18.2 Å². The summed E-state index contributed by atoms with van der Waals surface area (Å²) < 4.78 is 0. The van der Waals surface area contributed by atoms with Crippen molar-refractivity contribution in [3.05, 3.63) is 61.7 Å². The molecule has 0 spiro atoms. The monoisotopic (exact) mass is 213 g/mol. The predicted octanol–water partition coefficient (Wildman–Crippen LogP) is 3.40. The standard InChI is InChI=1S/C14H17Si/c1-4-11-15(12-5-2)14-10-8-7-9-13(14)6-3/h4-10H,1-3,11-12H2. The quantitative estimate of drug-likeness (QED) is 0.502. The highest BCUT2D eigenvalue weighted by Gasteiger charge is 2.12. The van der Waals surface area contributed by atoms with Crippen LogP contribution >= 0.6 is 0 Å². The highest BCUT2D eigenvalue weighted by molar-refractivity contribution is 6.74. The van der Waals surface area contributed by atoms with Crippen LogP contribution in [-0.2, 0) is 0 Å². The fourth-order valence-corrected chi connectivity index (χ4v) is 3.88. The molecular weight excluding hydrogens is 196 g/mol. The largest absolute Gasteiger partial charge is 0.103 e. The molecule has 1 rings (SSSR count). The van der Waals surface area contributed by atoms with Crippen molar-refractivity contribution in [1.82, 2.24) is 0 Å². The van der Waals surface area contributed by atoms with Crippen molar-refractivity contribution < 1.29 is 0 Å². The highest BCUT2D eigenvalue weighted by atomic mass is 28.3. The van der Waals surface area contributed by atoms with Crippen molar-refractivity contribution in [3.8, 4) is 0 Å². The second-order valence-corrected chi connectivity index (χ2v) is 5.94. The molecule has 0 atom stereocenters. The van der Waals surface area contributed by atoms with E-state index in [0.717, 1.165) is 12.1 Å². The van der Waals surface area contributed by atoms with E-state index < -0.39 is 8.80 Å². The number of benzene rings is 1. The van der Waals surface area contributed by atoms with E-state index in [0.29, 0.717) is 0 Å². The van der Waals surface area contributed by atoms with Crippen molar-refractivity contribution >= 4 is 20.1 Å². The first-order chi connectivity index (χ1) is 7.33. The molecule has 0 heterocycles. The summed E-state index contributed by atoms with van der Waals surface area (Å²) in [5, 5.41) is 1.44. The average Bonchev–Trinajstić information content (AvgIpc) is 2.29. The molecule has 0 aliphatic rings. The lowest BCUT2D eigenvalue weighted by Crippen LogP contribution is -2.30. The second kappa shape index (κ2) is 6.20. The summed E-state index contributed by atoms with van der Waals surface area (Å²) in [5.74, 6) is 0. The first kappa shape index (κ1) is 11.7. The van der Waals surface area contributed by atoms with Crippen LogP contribution in [0.5, 0.6) is 0 Å². The lowest BCUT2D eigenvalue weighted by atomic mass is 10.2. The molecule has 0 fully saturated rings. The molecule has 0 bridgehead atoms. The van der Waals surface area contributed by atoms with Gasteiger partial charge in [-0.25, -0.2) is 0 Å². The topological polar surface area (TPSA) is 0 Å². The number of hydrogen-bond acceptors (Lipinski definition) is 0. The van der Waals surface area contributed by atoms with Gasteiger partial charge in [0.15, 0.2) is 0 Å². The first-order valence-corrected chi connectivity index (χ1v) is 7.03. The van der Waals surface area contributed by atoms with Crippen molar-refractivity contribution in [1.29, 1.82) is 0 Å². The van der Waals surface area contributed by atoms with E-state index in [-0.39, 0.29) is 0 Å². The van der Waals surface area contributed by atoms with Crippen molar-refractivity contribution in [3.63, 3.8) is 0 Å². The number of hydrogen-bond donors (Lipinski definition) is 0. The number of rotatable bonds is 6. The summed E-state index contributed by atoms with van der Waals surface area (Å²) in [6.45, 7) is 11.5. The third kappa shape index (κ3) is 3.06. The predicted molar refractivity (Wildman–Crippen MR) is 71.9 cm³/mol. The molecule has 0 nitrogen and oxygen atoms in total. The Balaban J connectivity index is 3.02. The minimum absolute atomic E-state index is 0.573. The van der Waals surface area contributed by atoms with Gasteiger partial charge in [0.05, 0.1) is 8.80 Å². The van der Waals surface area contributed by atoms with E-state index >= 15 is 0 Å². The zero-order valence-corrected chi connectivity index (χ0v) is 10.1. The van der Waals surface area contributed by atoms with Crippen LogP contribution in [0.25, 0.3) is 6.08 Å². The van der Waals surface area contributed by atoms with Crippen LogP contribution in [0, 0.1) is 0 Å². The molecule has 0 unspecified atom stereocenters. The highest BCUT2D eigenvalue weighted by Crippen LogP contribution is 2.07. The maximum atomic E-state index is 3.86. The van der Waals surface area contributed by atoms with Gasteiger partial charge in [-0.1, -0.05) is 54.3 Å². The zero-order valence-electron chi connectivity index (χ0n) is 9.08. The van der Waals surface area contributed by atoms with Crippen LogP contribution in [0.4, 0.5) is 0 Å². The molecule has 15 heavy (non-hydrogen) atoms. The molecule has 0 N–H and O–H groups in total. The summed E-state index contributed by atoms with van der Waals surface area (Å²) in [4.78, 5) is 0. The fraction of sp³-hybridized carbons (Fsp3) is 0.143. The Morgan fingerprint density at radius 1 is 1.00 bits per heavy atom. The molecule has 0 saturated carbocycles. The van der Waals surface area contributed by atoms with Crippen LogP contribution in [0.15, 0.2) is 56.2 Å². The van der Waals surface area contributed by atoms with Gasteiger partial charge < -0.3 is 0 Å². The fourth-order valence-electron chi connectivity index (χ4n) is 1.65. The number of allylic oxidation sites excluding steroid dienone is 2. The summed E-state index contributed by atoms with van der Waals surface area (Å²) in [7, 11) is -0.573. The molecule has 1 radical (unpaired) electrons. The van der Waals surface area contributed by atoms with Crippen LogP contribution in [-0.4, -0.2) is 8.80 Å². The molecule has 1 aromatic carbocycles. The maximum Gasteiger partial charge on any atom is 0.0942 e. The molecular formula is C14H17Si. The van der Waals surface area contributed by atoms with Gasteiger partial charge in [0.1, 0.15) is 0 Å². The molecule has 77 valence electrons. The van der Waals surface area contributed by atoms with Crippen molar-refractivity contribution in [2.45, 2.75) is 12.1 Å². The van der Waals surface area contributed by atoms with E-state index in [9.17, 15) is 0 Å². The van der Waals surface area contributed by atoms with E-state index in [2.05, 4.69) is 44.0 Å². The van der Waals surface area contributed by atoms with E-state index in [1.54, 1.807) is 0 Å². The third-order valence-electron chi connectivity index (χ3n) is 2.34. The van der Waals surface area contributed by atoms with Crippen LogP contribution in [0.1, 0.15) is 5.56 Å². The van der Waals surface area contributed by atoms with Gasteiger partial charge in [0.25, 0.3) is 0 Å². The average molecular weight is 213 g/mol. The normalized spacial score (nSPS) is 9.93. The minimum atomic E-state index is -0.573. The third-order valence-corrected chi connectivity index (χ3v) is 5.12. The summed E-state index contributed by atoms with van der Waals surface area (Å²) >= 11 is 0. The summed E-state index contributed by atoms with van der Waals surface area (Å²) in [5.41, 5.74) is 1.26. The molecule has 0 saturated heterocycles. The first-order valence-electron chi connectivity index (χ1n) is 5.11. The second-order valence-electron chi connectivity index (χ2n) is 3.38. The Labute approximate surface area is 94.3 Å². The lowest BCUT2D eigenvalue weighted by molar-refractivity contribution is 1.53. The van der Waals surface area contributed by atoms with Crippen molar-refractivity contribution in [2.24, 2.45) is 0 Å². The van der Waals surface area contributed by atoms with E-state index in [4.69, 9.17) is 0 Å². The Kier molecular flexibility index (Phi) is 4.85. The lowest BCUT2D eigenvalue weighted by Gasteiger charge is -2.14. The Morgan fingerprint density at radius 3 is 2.13 bits per heavy atom.